The van der Waals surface area contributed by atoms with Crippen LogP contribution in [0.15, 0.2) is 35.1 Å². The van der Waals surface area contributed by atoms with Gasteiger partial charge in [0.2, 0.25) is 6.79 Å². The average Bonchev–Trinajstić information content (AvgIpc) is 3.31. The summed E-state index contributed by atoms with van der Waals surface area (Å²) in [6, 6.07) is 7.47. The van der Waals surface area contributed by atoms with Crippen LogP contribution in [0.25, 0.3) is 33.8 Å². The fourth-order valence-corrected chi connectivity index (χ4v) is 2.66. The Kier molecular flexibility index (Phi) is 2.51. The Labute approximate surface area is 134 Å². The van der Waals surface area contributed by atoms with E-state index in [1.54, 1.807) is 6.20 Å². The molecule has 118 valence electrons. The number of aromatic nitrogens is 5. The molecule has 9 heteroatoms. The number of nitrogens with two attached hydrogens (primary N) is 1. The molecule has 1 aromatic carbocycles. The van der Waals surface area contributed by atoms with Gasteiger partial charge in [0, 0.05) is 11.8 Å². The summed E-state index contributed by atoms with van der Waals surface area (Å²) in [5.41, 5.74) is 9.17. The number of ether oxygens (including phenoxy) is 2. The highest BCUT2D eigenvalue weighted by molar-refractivity contribution is 5.92. The van der Waals surface area contributed by atoms with E-state index in [-0.39, 0.29) is 12.6 Å². The first kappa shape index (κ1) is 12.9. The predicted octanol–water partition coefficient (Wildman–Crippen LogP) is 1.99. The number of aromatic amines is 1. The molecule has 0 bridgehead atoms. The van der Waals surface area contributed by atoms with E-state index in [0.717, 1.165) is 16.8 Å². The van der Waals surface area contributed by atoms with Crippen LogP contribution in [-0.4, -0.2) is 32.1 Å². The molecule has 0 radical (unpaired) electrons. The van der Waals surface area contributed by atoms with Gasteiger partial charge in [-0.2, -0.15) is 0 Å². The molecule has 0 saturated heterocycles. The van der Waals surface area contributed by atoms with Crippen molar-refractivity contribution in [2.45, 2.75) is 0 Å². The van der Waals surface area contributed by atoms with Crippen molar-refractivity contribution in [2.75, 3.05) is 12.5 Å². The quantitative estimate of drug-likeness (QED) is 0.574. The van der Waals surface area contributed by atoms with E-state index in [1.807, 2.05) is 24.3 Å². The number of fused-ring (bicyclic) bond motifs is 2. The van der Waals surface area contributed by atoms with Gasteiger partial charge >= 0.3 is 0 Å². The minimum absolute atomic E-state index is 0.173. The maximum Gasteiger partial charge on any atom is 0.231 e. The van der Waals surface area contributed by atoms with Crippen LogP contribution in [-0.2, 0) is 0 Å². The number of nitrogens with one attached hydrogen (secondary N) is 1. The monoisotopic (exact) mass is 322 g/mol. The summed E-state index contributed by atoms with van der Waals surface area (Å²) < 4.78 is 15.4. The summed E-state index contributed by atoms with van der Waals surface area (Å²) in [6.07, 6.45) is 1.70. The first-order valence-electron chi connectivity index (χ1n) is 7.13. The predicted molar refractivity (Wildman–Crippen MR) is 83.2 cm³/mol. The molecule has 0 atom stereocenters. The van der Waals surface area contributed by atoms with Gasteiger partial charge in [-0.05, 0) is 34.6 Å². The molecule has 24 heavy (non-hydrogen) atoms. The van der Waals surface area contributed by atoms with Crippen LogP contribution in [0.4, 0.5) is 5.82 Å². The lowest BCUT2D eigenvalue weighted by atomic mass is 10.1. The Hall–Kier alpha value is -3.62. The number of rotatable bonds is 2. The third-order valence-electron chi connectivity index (χ3n) is 3.79. The van der Waals surface area contributed by atoms with E-state index in [1.165, 1.54) is 0 Å². The number of nitrogens with zero attached hydrogens (tertiary/aromatic N) is 4. The third-order valence-corrected chi connectivity index (χ3v) is 3.79. The van der Waals surface area contributed by atoms with Crippen molar-refractivity contribution in [3.05, 3.63) is 30.5 Å². The minimum atomic E-state index is 0.173. The third kappa shape index (κ3) is 1.81. The molecule has 0 amide bonds. The van der Waals surface area contributed by atoms with E-state index < -0.39 is 0 Å². The molecule has 0 saturated carbocycles. The molecule has 0 aliphatic carbocycles. The van der Waals surface area contributed by atoms with E-state index in [2.05, 4.69) is 29.9 Å². The SMILES string of the molecule is Nc1nonc1-c1nc2c(-c3ccc4c(c3)OCO4)nccc2[nH]1. The van der Waals surface area contributed by atoms with Crippen molar-refractivity contribution >= 4 is 16.9 Å². The Morgan fingerprint density at radius 2 is 1.96 bits per heavy atom. The first-order valence-corrected chi connectivity index (χ1v) is 7.13. The average molecular weight is 322 g/mol. The Balaban J connectivity index is 1.69. The zero-order chi connectivity index (χ0) is 16.1. The fourth-order valence-electron chi connectivity index (χ4n) is 2.66. The molecule has 3 aromatic heterocycles. The number of imidazole rings is 1. The second-order valence-corrected chi connectivity index (χ2v) is 5.21. The first-order chi connectivity index (χ1) is 11.8. The molecule has 4 heterocycles. The molecule has 9 nitrogen and oxygen atoms in total. The standard InChI is InChI=1S/C15H10N6O3/c16-14-13(20-24-21-14)15-18-8-3-4-17-11(12(8)19-15)7-1-2-9-10(5-7)23-6-22-9/h1-5H,6H2,(H2,16,21)(H,18,19). The van der Waals surface area contributed by atoms with Gasteiger partial charge in [-0.3, -0.25) is 4.98 Å². The molecule has 0 spiro atoms. The summed E-state index contributed by atoms with van der Waals surface area (Å²) in [7, 11) is 0. The number of anilines is 1. The van der Waals surface area contributed by atoms with Gasteiger partial charge in [0.25, 0.3) is 0 Å². The van der Waals surface area contributed by atoms with Crippen LogP contribution in [0, 0.1) is 0 Å². The van der Waals surface area contributed by atoms with Crippen molar-refractivity contribution in [3.8, 4) is 34.3 Å². The number of hydrogen-bond acceptors (Lipinski definition) is 8. The summed E-state index contributed by atoms with van der Waals surface area (Å²) in [5.74, 6) is 2.05. The van der Waals surface area contributed by atoms with Gasteiger partial charge < -0.3 is 20.2 Å². The molecule has 1 aliphatic heterocycles. The van der Waals surface area contributed by atoms with Crippen LogP contribution in [0.3, 0.4) is 0 Å². The lowest BCUT2D eigenvalue weighted by molar-refractivity contribution is 0.174. The van der Waals surface area contributed by atoms with E-state index in [9.17, 15) is 0 Å². The summed E-state index contributed by atoms with van der Waals surface area (Å²) in [4.78, 5) is 12.2. The molecule has 1 aliphatic rings. The number of benzene rings is 1. The van der Waals surface area contributed by atoms with Gasteiger partial charge in [-0.25, -0.2) is 9.61 Å². The highest BCUT2D eigenvalue weighted by atomic mass is 16.7. The largest absolute Gasteiger partial charge is 0.454 e. The topological polar surface area (TPSA) is 125 Å². The minimum Gasteiger partial charge on any atom is -0.454 e. The highest BCUT2D eigenvalue weighted by Gasteiger charge is 2.19. The van der Waals surface area contributed by atoms with Crippen molar-refractivity contribution in [3.63, 3.8) is 0 Å². The van der Waals surface area contributed by atoms with Crippen molar-refractivity contribution in [1.82, 2.24) is 25.3 Å². The molecule has 0 fully saturated rings. The number of pyridine rings is 1. The fraction of sp³-hybridized carbons (Fsp3) is 0.0667. The van der Waals surface area contributed by atoms with Crippen LogP contribution < -0.4 is 15.2 Å². The smallest absolute Gasteiger partial charge is 0.231 e. The maximum absolute atomic E-state index is 5.73. The van der Waals surface area contributed by atoms with Crippen LogP contribution in [0.2, 0.25) is 0 Å². The normalized spacial score (nSPS) is 12.8. The van der Waals surface area contributed by atoms with Gasteiger partial charge in [0.15, 0.2) is 28.8 Å². The molecule has 3 N–H and O–H groups in total. The Bertz CT molecular complexity index is 1070. The molecule has 4 aromatic rings. The zero-order valence-corrected chi connectivity index (χ0v) is 12.2. The summed E-state index contributed by atoms with van der Waals surface area (Å²) >= 11 is 0. The Morgan fingerprint density at radius 3 is 2.83 bits per heavy atom. The van der Waals surface area contributed by atoms with Crippen LogP contribution in [0.5, 0.6) is 11.5 Å². The van der Waals surface area contributed by atoms with E-state index in [0.29, 0.717) is 28.5 Å². The number of nitrogen functional groups attached to an aromatic ring is 1. The molecule has 5 rings (SSSR count). The maximum atomic E-state index is 5.73. The highest BCUT2D eigenvalue weighted by Crippen LogP contribution is 2.37. The van der Waals surface area contributed by atoms with Crippen molar-refractivity contribution in [2.24, 2.45) is 0 Å². The van der Waals surface area contributed by atoms with E-state index >= 15 is 0 Å². The molecular formula is C15H10N6O3. The second-order valence-electron chi connectivity index (χ2n) is 5.21. The summed E-state index contributed by atoms with van der Waals surface area (Å²) in [6.45, 7) is 0.224. The Morgan fingerprint density at radius 1 is 1.04 bits per heavy atom. The number of H-pyrrole nitrogens is 1. The summed E-state index contributed by atoms with van der Waals surface area (Å²) in [5, 5.41) is 7.34. The van der Waals surface area contributed by atoms with Gasteiger partial charge in [-0.1, -0.05) is 0 Å². The van der Waals surface area contributed by atoms with E-state index in [4.69, 9.17) is 15.2 Å². The zero-order valence-electron chi connectivity index (χ0n) is 12.2. The van der Waals surface area contributed by atoms with Crippen LogP contribution >= 0.6 is 0 Å². The number of hydrogen-bond donors (Lipinski definition) is 2. The molecular weight excluding hydrogens is 312 g/mol. The van der Waals surface area contributed by atoms with Crippen molar-refractivity contribution in [1.29, 1.82) is 0 Å². The van der Waals surface area contributed by atoms with Gasteiger partial charge in [0.05, 0.1) is 11.2 Å². The lowest BCUT2D eigenvalue weighted by Crippen LogP contribution is -1.92. The van der Waals surface area contributed by atoms with Crippen LogP contribution in [0.1, 0.15) is 0 Å². The van der Waals surface area contributed by atoms with Gasteiger partial charge in [0.1, 0.15) is 5.52 Å². The second kappa shape index (κ2) is 4.69. The molecule has 0 unspecified atom stereocenters. The van der Waals surface area contributed by atoms with Crippen molar-refractivity contribution < 1.29 is 14.1 Å². The van der Waals surface area contributed by atoms with Gasteiger partial charge in [-0.15, -0.1) is 0 Å². The lowest BCUT2D eigenvalue weighted by Gasteiger charge is -2.03.